The minimum absolute atomic E-state index is 0.121. The molecule has 102 valence electrons. The number of hydrogen-bond donors (Lipinski definition) is 2. The molecule has 0 aliphatic rings. The van der Waals surface area contributed by atoms with E-state index in [0.29, 0.717) is 11.1 Å². The highest BCUT2D eigenvalue weighted by molar-refractivity contribution is 5.78. The number of alkyl halides is 3. The third-order valence-electron chi connectivity index (χ3n) is 2.73. The number of halogens is 3. The van der Waals surface area contributed by atoms with Gasteiger partial charge in [-0.2, -0.15) is 13.2 Å². The summed E-state index contributed by atoms with van der Waals surface area (Å²) in [6.07, 6.45) is -5.08. The summed E-state index contributed by atoms with van der Waals surface area (Å²) in [4.78, 5) is 14.4. The average Bonchev–Trinajstić information content (AvgIpc) is 2.33. The first-order valence-corrected chi connectivity index (χ1v) is 5.84. The van der Waals surface area contributed by atoms with Crippen molar-refractivity contribution in [2.75, 3.05) is 6.54 Å². The molecule has 0 aliphatic heterocycles. The van der Waals surface area contributed by atoms with E-state index in [1.54, 1.807) is 18.2 Å². The largest absolute Gasteiger partial charge is 0.390 e. The predicted octanol–water partition coefficient (Wildman–Crippen LogP) is 2.57. The Bertz CT molecular complexity index is 619. The van der Waals surface area contributed by atoms with Gasteiger partial charge in [-0.25, -0.2) is 0 Å². The molecule has 2 aromatic rings. The Hall–Kier alpha value is -1.82. The minimum Gasteiger partial charge on any atom is -0.322 e. The van der Waals surface area contributed by atoms with Crippen molar-refractivity contribution in [3.05, 3.63) is 46.2 Å². The van der Waals surface area contributed by atoms with Crippen LogP contribution in [-0.2, 0) is 6.54 Å². The van der Waals surface area contributed by atoms with Gasteiger partial charge in [-0.05, 0) is 17.5 Å². The average molecular weight is 270 g/mol. The lowest BCUT2D eigenvalue weighted by Crippen LogP contribution is -2.24. The third kappa shape index (κ3) is 3.82. The van der Waals surface area contributed by atoms with Gasteiger partial charge >= 0.3 is 6.18 Å². The zero-order valence-corrected chi connectivity index (χ0v) is 10.1. The molecule has 0 fully saturated rings. The van der Waals surface area contributed by atoms with E-state index in [-0.39, 0.29) is 18.6 Å². The summed E-state index contributed by atoms with van der Waals surface area (Å²) in [6.45, 7) is -0.0774. The van der Waals surface area contributed by atoms with E-state index in [0.717, 1.165) is 5.39 Å². The molecule has 0 bridgehead atoms. The van der Waals surface area contributed by atoms with Crippen LogP contribution in [0.5, 0.6) is 0 Å². The van der Waals surface area contributed by atoms with Crippen LogP contribution in [0.4, 0.5) is 13.2 Å². The van der Waals surface area contributed by atoms with Crippen molar-refractivity contribution in [3.8, 4) is 0 Å². The van der Waals surface area contributed by atoms with Crippen molar-refractivity contribution in [1.82, 2.24) is 10.3 Å². The van der Waals surface area contributed by atoms with Gasteiger partial charge in [-0.3, -0.25) is 4.79 Å². The van der Waals surface area contributed by atoms with Crippen LogP contribution < -0.4 is 10.9 Å². The Morgan fingerprint density at radius 2 is 1.95 bits per heavy atom. The molecular formula is C13H13F3N2O. The zero-order chi connectivity index (χ0) is 13.9. The zero-order valence-electron chi connectivity index (χ0n) is 10.1. The highest BCUT2D eigenvalue weighted by Gasteiger charge is 2.25. The highest BCUT2D eigenvalue weighted by Crippen LogP contribution is 2.18. The molecule has 0 aliphatic carbocycles. The van der Waals surface area contributed by atoms with Crippen molar-refractivity contribution in [1.29, 1.82) is 0 Å². The van der Waals surface area contributed by atoms with Gasteiger partial charge in [0, 0.05) is 24.2 Å². The van der Waals surface area contributed by atoms with Crippen LogP contribution >= 0.6 is 0 Å². The first-order chi connectivity index (χ1) is 8.96. The van der Waals surface area contributed by atoms with Crippen LogP contribution in [0.25, 0.3) is 10.9 Å². The summed E-state index contributed by atoms with van der Waals surface area (Å²) in [5, 5.41) is 3.48. The molecule has 1 aromatic heterocycles. The molecule has 0 saturated heterocycles. The first-order valence-electron chi connectivity index (χ1n) is 5.84. The molecule has 19 heavy (non-hydrogen) atoms. The second-order valence-corrected chi connectivity index (χ2v) is 4.25. The van der Waals surface area contributed by atoms with Crippen LogP contribution in [0.15, 0.2) is 35.1 Å². The quantitative estimate of drug-likeness (QED) is 0.839. The van der Waals surface area contributed by atoms with Gasteiger partial charge in [0.1, 0.15) is 0 Å². The summed E-state index contributed by atoms with van der Waals surface area (Å²) in [7, 11) is 0. The lowest BCUT2D eigenvalue weighted by molar-refractivity contribution is -0.133. The van der Waals surface area contributed by atoms with Crippen LogP contribution in [0.1, 0.15) is 12.0 Å². The molecule has 3 nitrogen and oxygen atoms in total. The van der Waals surface area contributed by atoms with Crippen LogP contribution in [0, 0.1) is 0 Å². The fraction of sp³-hybridized carbons (Fsp3) is 0.308. The number of para-hydroxylation sites is 1. The van der Waals surface area contributed by atoms with E-state index in [9.17, 15) is 18.0 Å². The van der Waals surface area contributed by atoms with Gasteiger partial charge < -0.3 is 10.3 Å². The van der Waals surface area contributed by atoms with E-state index in [4.69, 9.17) is 0 Å². The monoisotopic (exact) mass is 270 g/mol. The van der Waals surface area contributed by atoms with Crippen LogP contribution in [0.3, 0.4) is 0 Å². The Labute approximate surface area is 107 Å². The Morgan fingerprint density at radius 3 is 2.68 bits per heavy atom. The molecule has 1 aromatic carbocycles. The number of aromatic nitrogens is 1. The summed E-state index contributed by atoms with van der Waals surface area (Å²) in [6, 6.07) is 8.94. The van der Waals surface area contributed by atoms with Crippen molar-refractivity contribution in [2.24, 2.45) is 0 Å². The Kier molecular flexibility index (Phi) is 3.90. The maximum Gasteiger partial charge on any atom is 0.390 e. The Balaban J connectivity index is 2.04. The predicted molar refractivity (Wildman–Crippen MR) is 66.9 cm³/mol. The van der Waals surface area contributed by atoms with Gasteiger partial charge in [0.2, 0.25) is 0 Å². The van der Waals surface area contributed by atoms with Crippen molar-refractivity contribution in [3.63, 3.8) is 0 Å². The van der Waals surface area contributed by atoms with Gasteiger partial charge in [-0.15, -0.1) is 0 Å². The molecule has 0 saturated carbocycles. The normalized spacial score (nSPS) is 11.9. The Morgan fingerprint density at radius 1 is 1.21 bits per heavy atom. The molecule has 0 atom stereocenters. The summed E-state index contributed by atoms with van der Waals surface area (Å²) >= 11 is 0. The number of pyridine rings is 1. The molecule has 6 heteroatoms. The van der Waals surface area contributed by atoms with Gasteiger partial charge in [-0.1, -0.05) is 18.2 Å². The topological polar surface area (TPSA) is 44.9 Å². The van der Waals surface area contributed by atoms with Crippen molar-refractivity contribution in [2.45, 2.75) is 19.1 Å². The second-order valence-electron chi connectivity index (χ2n) is 4.25. The molecule has 2 N–H and O–H groups in total. The summed E-state index contributed by atoms with van der Waals surface area (Å²) in [5.41, 5.74) is 0.866. The maximum atomic E-state index is 12.0. The highest BCUT2D eigenvalue weighted by atomic mass is 19.4. The van der Waals surface area contributed by atoms with Crippen molar-refractivity contribution >= 4 is 10.9 Å². The number of fused-ring (bicyclic) bond motifs is 1. The lowest BCUT2D eigenvalue weighted by atomic mass is 10.1. The molecule has 1 heterocycles. The number of nitrogens with one attached hydrogen (secondary N) is 2. The SMILES string of the molecule is O=c1[nH]c2ccccc2cc1CNCCC(F)(F)F. The summed E-state index contributed by atoms with van der Waals surface area (Å²) in [5.74, 6) is 0. The van der Waals surface area contributed by atoms with Gasteiger partial charge in [0.05, 0.1) is 6.42 Å². The third-order valence-corrected chi connectivity index (χ3v) is 2.73. The number of aromatic amines is 1. The van der Waals surface area contributed by atoms with Crippen molar-refractivity contribution < 1.29 is 13.2 Å². The number of hydrogen-bond acceptors (Lipinski definition) is 2. The van der Waals surface area contributed by atoms with Gasteiger partial charge in [0.25, 0.3) is 5.56 Å². The number of rotatable bonds is 4. The molecule has 0 spiro atoms. The van der Waals surface area contributed by atoms with E-state index in [1.807, 2.05) is 12.1 Å². The van der Waals surface area contributed by atoms with E-state index in [1.165, 1.54) is 0 Å². The molecular weight excluding hydrogens is 257 g/mol. The lowest BCUT2D eigenvalue weighted by Gasteiger charge is -2.08. The molecule has 0 unspecified atom stereocenters. The van der Waals surface area contributed by atoms with Gasteiger partial charge in [0.15, 0.2) is 0 Å². The van der Waals surface area contributed by atoms with Crippen LogP contribution in [-0.4, -0.2) is 17.7 Å². The smallest absolute Gasteiger partial charge is 0.322 e. The van der Waals surface area contributed by atoms with Crippen LogP contribution in [0.2, 0.25) is 0 Å². The molecule has 2 rings (SSSR count). The van der Waals surface area contributed by atoms with E-state index in [2.05, 4.69) is 10.3 Å². The fourth-order valence-corrected chi connectivity index (χ4v) is 1.78. The minimum atomic E-state index is -4.18. The fourth-order valence-electron chi connectivity index (χ4n) is 1.78. The molecule has 0 radical (unpaired) electrons. The van der Waals surface area contributed by atoms with E-state index < -0.39 is 12.6 Å². The number of H-pyrrole nitrogens is 1. The first kappa shape index (κ1) is 13.6. The second kappa shape index (κ2) is 5.44. The maximum absolute atomic E-state index is 12.0. The van der Waals surface area contributed by atoms with E-state index >= 15 is 0 Å². The number of benzene rings is 1. The summed E-state index contributed by atoms with van der Waals surface area (Å²) < 4.78 is 35.9. The molecule has 0 amide bonds. The standard InChI is InChI=1S/C13H13F3N2O/c14-13(15,16)5-6-17-8-10-7-9-3-1-2-4-11(9)18-12(10)19/h1-4,7,17H,5-6,8H2,(H,18,19).